The molecule has 4 nitrogen and oxygen atoms in total. The summed E-state index contributed by atoms with van der Waals surface area (Å²) in [5, 5.41) is 1.13. The zero-order chi connectivity index (χ0) is 20.3. The third-order valence-electron chi connectivity index (χ3n) is 5.95. The number of pyridine rings is 1. The van der Waals surface area contributed by atoms with Crippen LogP contribution in [0.5, 0.6) is 0 Å². The lowest BCUT2D eigenvalue weighted by atomic mass is 9.96. The zero-order valence-electron chi connectivity index (χ0n) is 18.1. The van der Waals surface area contributed by atoms with Gasteiger partial charge in [-0.25, -0.2) is 0 Å². The van der Waals surface area contributed by atoms with E-state index in [-0.39, 0.29) is 12.2 Å². The minimum absolute atomic E-state index is 0.283. The van der Waals surface area contributed by atoms with Crippen molar-refractivity contribution in [1.29, 1.82) is 0 Å². The highest BCUT2D eigenvalue weighted by molar-refractivity contribution is 5.89. The van der Waals surface area contributed by atoms with E-state index < -0.39 is 5.79 Å². The first-order valence-corrected chi connectivity index (χ1v) is 10.9. The van der Waals surface area contributed by atoms with Gasteiger partial charge in [0.15, 0.2) is 5.79 Å². The zero-order valence-corrected chi connectivity index (χ0v) is 18.1. The van der Waals surface area contributed by atoms with Gasteiger partial charge in [0, 0.05) is 11.6 Å². The highest BCUT2D eigenvalue weighted by Crippen LogP contribution is 2.46. The van der Waals surface area contributed by atoms with Gasteiger partial charge in [0.2, 0.25) is 0 Å². The number of para-hydroxylation sites is 1. The smallest absolute Gasteiger partial charge is 0.163 e. The maximum atomic E-state index is 6.19. The number of nitrogens with two attached hydrogens (primary N) is 1. The molecule has 4 heteroatoms. The fourth-order valence-corrected chi connectivity index (χ4v) is 4.75. The quantitative estimate of drug-likeness (QED) is 0.528. The largest absolute Gasteiger partial charge is 0.397 e. The summed E-state index contributed by atoms with van der Waals surface area (Å²) in [4.78, 5) is 4.54. The average molecular weight is 385 g/mol. The van der Waals surface area contributed by atoms with Crippen LogP contribution in [0.4, 0.5) is 5.69 Å². The normalized spacial score (nSPS) is 28.0. The van der Waals surface area contributed by atoms with Gasteiger partial charge >= 0.3 is 0 Å². The number of nitrogen functional groups attached to an aromatic ring is 1. The number of fused-ring (bicyclic) bond motifs is 2. The van der Waals surface area contributed by atoms with Crippen LogP contribution < -0.4 is 5.73 Å². The molecule has 28 heavy (non-hydrogen) atoms. The van der Waals surface area contributed by atoms with E-state index in [1.165, 1.54) is 31.2 Å². The van der Waals surface area contributed by atoms with E-state index >= 15 is 0 Å². The molecule has 2 N–H and O–H groups in total. The topological polar surface area (TPSA) is 57.4 Å². The molecule has 0 amide bonds. The summed E-state index contributed by atoms with van der Waals surface area (Å²) >= 11 is 0. The summed E-state index contributed by atoms with van der Waals surface area (Å²) in [6.07, 6.45) is 8.46. The monoisotopic (exact) mass is 384 g/mol. The number of aromatic nitrogens is 1. The van der Waals surface area contributed by atoms with Crippen LogP contribution in [0.25, 0.3) is 10.9 Å². The van der Waals surface area contributed by atoms with Gasteiger partial charge in [0.25, 0.3) is 0 Å². The van der Waals surface area contributed by atoms with Gasteiger partial charge in [-0.2, -0.15) is 0 Å². The van der Waals surface area contributed by atoms with Crippen LogP contribution in [0.1, 0.15) is 65.9 Å². The molecule has 1 aliphatic heterocycles. The van der Waals surface area contributed by atoms with E-state index in [0.717, 1.165) is 23.0 Å². The van der Waals surface area contributed by atoms with E-state index in [4.69, 9.17) is 15.2 Å². The fraction of sp³-hybridized carbons (Fsp3) is 0.625. The molecule has 1 aliphatic carbocycles. The van der Waals surface area contributed by atoms with Crippen molar-refractivity contribution < 1.29 is 9.47 Å². The van der Waals surface area contributed by atoms with Crippen molar-refractivity contribution in [2.24, 2.45) is 11.8 Å². The van der Waals surface area contributed by atoms with Crippen molar-refractivity contribution in [3.05, 3.63) is 36.0 Å². The van der Waals surface area contributed by atoms with Crippen molar-refractivity contribution in [2.45, 2.75) is 84.7 Å². The van der Waals surface area contributed by atoms with Crippen LogP contribution in [0.3, 0.4) is 0 Å². The summed E-state index contributed by atoms with van der Waals surface area (Å²) in [7, 11) is 0. The Bertz CT molecular complexity index is 789. The molecule has 1 unspecified atom stereocenters. The fourth-order valence-electron chi connectivity index (χ4n) is 4.75. The SMILES string of the molecule is CC.CC1C[C@H](CCCCc2cnc3c(N)cccc3c2)[C@H]2OC(C)(C)O[C@@H]12. The standard InChI is InChI=1S/C22H30N2O2.C2H6/c1-14-11-17(21-20(14)25-22(2,3)26-21)8-5-4-7-15-12-16-9-6-10-18(23)19(16)24-13-15;1-2/h6,9-10,12-14,17,20-21H,4-5,7-8,11,23H2,1-3H3;1-2H3/t14?,17-,20-,21+;/m0./s1. The van der Waals surface area contributed by atoms with Gasteiger partial charge < -0.3 is 15.2 Å². The Hall–Kier alpha value is -1.65. The molecule has 1 aromatic carbocycles. The Balaban J connectivity index is 0.00000109. The molecule has 1 saturated carbocycles. The second-order valence-electron chi connectivity index (χ2n) is 8.55. The Morgan fingerprint density at radius 2 is 1.89 bits per heavy atom. The van der Waals surface area contributed by atoms with E-state index in [2.05, 4.69) is 24.0 Å². The number of benzene rings is 1. The summed E-state index contributed by atoms with van der Waals surface area (Å²) in [5.41, 5.74) is 8.94. The molecule has 4 rings (SSSR count). The molecule has 0 radical (unpaired) electrons. The number of aryl methyl sites for hydroxylation is 1. The number of hydrogen-bond donors (Lipinski definition) is 1. The van der Waals surface area contributed by atoms with Crippen molar-refractivity contribution in [3.63, 3.8) is 0 Å². The molecule has 2 fully saturated rings. The maximum absolute atomic E-state index is 6.19. The number of unbranched alkanes of at least 4 members (excludes halogenated alkanes) is 1. The van der Waals surface area contributed by atoms with E-state index in [1.807, 2.05) is 46.0 Å². The molecule has 0 spiro atoms. The highest BCUT2D eigenvalue weighted by Gasteiger charge is 2.51. The lowest BCUT2D eigenvalue weighted by Crippen LogP contribution is -2.25. The molecule has 2 heterocycles. The van der Waals surface area contributed by atoms with Gasteiger partial charge in [-0.3, -0.25) is 4.98 Å². The summed E-state index contributed by atoms with van der Waals surface area (Å²) in [6, 6.07) is 8.21. The summed E-state index contributed by atoms with van der Waals surface area (Å²) < 4.78 is 12.3. The minimum Gasteiger partial charge on any atom is -0.397 e. The van der Waals surface area contributed by atoms with Crippen molar-refractivity contribution in [3.8, 4) is 0 Å². The Labute approximate surface area is 169 Å². The van der Waals surface area contributed by atoms with E-state index in [1.54, 1.807) is 0 Å². The summed E-state index contributed by atoms with van der Waals surface area (Å²) in [6.45, 7) is 10.4. The first-order valence-electron chi connectivity index (χ1n) is 10.9. The Morgan fingerprint density at radius 3 is 2.68 bits per heavy atom. The number of rotatable bonds is 5. The molecular formula is C24H36N2O2. The molecule has 1 saturated heterocycles. The maximum Gasteiger partial charge on any atom is 0.163 e. The number of nitrogens with zero attached hydrogens (tertiary/aromatic N) is 1. The highest BCUT2D eigenvalue weighted by atomic mass is 16.8. The van der Waals surface area contributed by atoms with Crippen LogP contribution in [0.2, 0.25) is 0 Å². The van der Waals surface area contributed by atoms with Crippen molar-refractivity contribution in [2.75, 3.05) is 5.73 Å². The van der Waals surface area contributed by atoms with Gasteiger partial charge in [0.1, 0.15) is 0 Å². The van der Waals surface area contributed by atoms with Crippen LogP contribution >= 0.6 is 0 Å². The average Bonchev–Trinajstić information content (AvgIpc) is 3.14. The molecular weight excluding hydrogens is 348 g/mol. The van der Waals surface area contributed by atoms with Crippen LogP contribution in [0.15, 0.2) is 30.5 Å². The third-order valence-corrected chi connectivity index (χ3v) is 5.95. The minimum atomic E-state index is -0.416. The number of anilines is 1. The van der Waals surface area contributed by atoms with Crippen molar-refractivity contribution >= 4 is 16.6 Å². The molecule has 1 aromatic heterocycles. The van der Waals surface area contributed by atoms with Gasteiger partial charge in [-0.05, 0) is 69.1 Å². The van der Waals surface area contributed by atoms with Crippen LogP contribution in [-0.2, 0) is 15.9 Å². The van der Waals surface area contributed by atoms with Gasteiger partial charge in [-0.15, -0.1) is 0 Å². The Morgan fingerprint density at radius 1 is 1.14 bits per heavy atom. The van der Waals surface area contributed by atoms with Gasteiger partial charge in [0.05, 0.1) is 23.4 Å². The second kappa shape index (κ2) is 8.79. The lowest BCUT2D eigenvalue weighted by molar-refractivity contribution is -0.160. The van der Waals surface area contributed by atoms with Crippen molar-refractivity contribution in [1.82, 2.24) is 4.98 Å². The molecule has 2 aromatic rings. The second-order valence-corrected chi connectivity index (χ2v) is 8.55. The Kier molecular flexibility index (Phi) is 6.61. The lowest BCUT2D eigenvalue weighted by Gasteiger charge is -2.22. The third kappa shape index (κ3) is 4.49. The van der Waals surface area contributed by atoms with Crippen LogP contribution in [-0.4, -0.2) is 23.0 Å². The molecule has 0 bridgehead atoms. The first kappa shape index (κ1) is 21.1. The van der Waals surface area contributed by atoms with Crippen LogP contribution in [0, 0.1) is 11.8 Å². The first-order chi connectivity index (χ1) is 13.4. The number of hydrogen-bond acceptors (Lipinski definition) is 4. The predicted molar refractivity (Wildman–Crippen MR) is 116 cm³/mol. The van der Waals surface area contributed by atoms with E-state index in [9.17, 15) is 0 Å². The molecule has 4 atom stereocenters. The van der Waals surface area contributed by atoms with E-state index in [0.29, 0.717) is 11.8 Å². The molecule has 2 aliphatic rings. The summed E-state index contributed by atoms with van der Waals surface area (Å²) in [5.74, 6) is 0.814. The number of ether oxygens (including phenoxy) is 2. The van der Waals surface area contributed by atoms with Gasteiger partial charge in [-0.1, -0.05) is 39.3 Å². The predicted octanol–water partition coefficient (Wildman–Crippen LogP) is 5.73. The molecule has 154 valence electrons.